The van der Waals surface area contributed by atoms with E-state index in [1.165, 1.54) is 25.7 Å². The molecule has 2 nitrogen and oxygen atoms in total. The largest absolute Gasteiger partial charge is 0.393 e. The molecule has 13 heavy (non-hydrogen) atoms. The Morgan fingerprint density at radius 3 is 2.46 bits per heavy atom. The molecule has 2 fully saturated rings. The maximum Gasteiger partial charge on any atom is 0.0555 e. The molecule has 2 saturated carbocycles. The third kappa shape index (κ3) is 2.23. The Morgan fingerprint density at radius 2 is 1.92 bits per heavy atom. The Labute approximate surface area is 80.7 Å². The van der Waals surface area contributed by atoms with E-state index in [2.05, 4.69) is 12.2 Å². The van der Waals surface area contributed by atoms with Gasteiger partial charge in [-0.15, -0.1) is 0 Å². The van der Waals surface area contributed by atoms with Crippen molar-refractivity contribution in [3.05, 3.63) is 0 Å². The van der Waals surface area contributed by atoms with E-state index in [0.717, 1.165) is 24.8 Å². The molecule has 0 spiro atoms. The number of aliphatic hydroxyl groups is 1. The van der Waals surface area contributed by atoms with Crippen LogP contribution in [0.3, 0.4) is 0 Å². The van der Waals surface area contributed by atoms with Crippen LogP contribution in [0.15, 0.2) is 0 Å². The van der Waals surface area contributed by atoms with Crippen molar-refractivity contribution in [3.63, 3.8) is 0 Å². The van der Waals surface area contributed by atoms with Crippen LogP contribution in [0.5, 0.6) is 0 Å². The number of aliphatic hydroxyl groups excluding tert-OH is 1. The standard InChI is InChI=1S/C11H21NO/c1-2-8-5-10(6-8)12-9-3-4-11(13)7-9/h8-13H,2-7H2,1H3/t8?,9-,10?,11+/m0/s1. The second-order valence-corrected chi connectivity index (χ2v) is 4.77. The molecule has 0 aromatic carbocycles. The van der Waals surface area contributed by atoms with E-state index >= 15 is 0 Å². The monoisotopic (exact) mass is 183 g/mol. The highest BCUT2D eigenvalue weighted by atomic mass is 16.3. The van der Waals surface area contributed by atoms with Gasteiger partial charge in [0.15, 0.2) is 0 Å². The minimum absolute atomic E-state index is 0.0282. The van der Waals surface area contributed by atoms with Gasteiger partial charge < -0.3 is 10.4 Å². The van der Waals surface area contributed by atoms with Crippen LogP contribution in [-0.4, -0.2) is 23.3 Å². The third-order valence-corrected chi connectivity index (χ3v) is 3.69. The molecule has 2 atom stereocenters. The topological polar surface area (TPSA) is 32.3 Å². The second-order valence-electron chi connectivity index (χ2n) is 4.77. The summed E-state index contributed by atoms with van der Waals surface area (Å²) in [5, 5.41) is 13.0. The summed E-state index contributed by atoms with van der Waals surface area (Å²) in [7, 11) is 0. The van der Waals surface area contributed by atoms with Gasteiger partial charge in [-0.2, -0.15) is 0 Å². The molecule has 0 unspecified atom stereocenters. The van der Waals surface area contributed by atoms with E-state index in [9.17, 15) is 5.11 Å². The molecule has 0 aliphatic heterocycles. The van der Waals surface area contributed by atoms with Gasteiger partial charge in [0.1, 0.15) is 0 Å². The molecule has 2 heteroatoms. The van der Waals surface area contributed by atoms with Crippen molar-refractivity contribution in [3.8, 4) is 0 Å². The Morgan fingerprint density at radius 1 is 1.15 bits per heavy atom. The van der Waals surface area contributed by atoms with Gasteiger partial charge >= 0.3 is 0 Å². The summed E-state index contributed by atoms with van der Waals surface area (Å²) in [4.78, 5) is 0. The molecule has 0 heterocycles. The fraction of sp³-hybridized carbons (Fsp3) is 1.00. The summed E-state index contributed by atoms with van der Waals surface area (Å²) >= 11 is 0. The van der Waals surface area contributed by atoms with Gasteiger partial charge in [0.25, 0.3) is 0 Å². The van der Waals surface area contributed by atoms with E-state index in [4.69, 9.17) is 0 Å². The molecule has 0 aromatic heterocycles. The van der Waals surface area contributed by atoms with Crippen molar-refractivity contribution < 1.29 is 5.11 Å². The van der Waals surface area contributed by atoms with E-state index in [1.807, 2.05) is 0 Å². The molecule has 0 amide bonds. The summed E-state index contributed by atoms with van der Waals surface area (Å²) in [5.41, 5.74) is 0. The molecule has 0 bridgehead atoms. The van der Waals surface area contributed by atoms with Crippen LogP contribution in [0, 0.1) is 5.92 Å². The minimum Gasteiger partial charge on any atom is -0.393 e. The van der Waals surface area contributed by atoms with Gasteiger partial charge in [0.2, 0.25) is 0 Å². The molecule has 0 aromatic rings. The molecule has 0 saturated heterocycles. The molecular weight excluding hydrogens is 162 g/mol. The summed E-state index contributed by atoms with van der Waals surface area (Å²) in [6.07, 6.45) is 7.20. The quantitative estimate of drug-likeness (QED) is 0.697. The Bertz CT molecular complexity index is 165. The molecule has 2 N–H and O–H groups in total. The minimum atomic E-state index is -0.0282. The van der Waals surface area contributed by atoms with Crippen LogP contribution in [0.2, 0.25) is 0 Å². The van der Waals surface area contributed by atoms with Gasteiger partial charge in [-0.25, -0.2) is 0 Å². The lowest BCUT2D eigenvalue weighted by Gasteiger charge is -2.37. The summed E-state index contributed by atoms with van der Waals surface area (Å²) < 4.78 is 0. The van der Waals surface area contributed by atoms with Gasteiger partial charge in [0.05, 0.1) is 6.10 Å². The highest BCUT2D eigenvalue weighted by Gasteiger charge is 2.31. The van der Waals surface area contributed by atoms with Crippen LogP contribution >= 0.6 is 0 Å². The Kier molecular flexibility index (Phi) is 2.89. The second kappa shape index (κ2) is 3.97. The van der Waals surface area contributed by atoms with E-state index in [-0.39, 0.29) is 6.10 Å². The molecule has 2 rings (SSSR count). The highest BCUT2D eigenvalue weighted by Crippen LogP contribution is 2.31. The zero-order valence-corrected chi connectivity index (χ0v) is 8.50. The van der Waals surface area contributed by atoms with E-state index in [0.29, 0.717) is 6.04 Å². The zero-order valence-electron chi connectivity index (χ0n) is 8.50. The lowest BCUT2D eigenvalue weighted by Crippen LogP contribution is -2.45. The van der Waals surface area contributed by atoms with Crippen LogP contribution < -0.4 is 5.32 Å². The van der Waals surface area contributed by atoms with Gasteiger partial charge in [-0.1, -0.05) is 13.3 Å². The molecule has 2 aliphatic carbocycles. The summed E-state index contributed by atoms with van der Waals surface area (Å²) in [5.74, 6) is 0.976. The van der Waals surface area contributed by atoms with Crippen LogP contribution in [0.25, 0.3) is 0 Å². The Balaban J connectivity index is 1.64. The number of nitrogens with one attached hydrogen (secondary N) is 1. The first-order chi connectivity index (χ1) is 6.28. The third-order valence-electron chi connectivity index (χ3n) is 3.69. The highest BCUT2D eigenvalue weighted by molar-refractivity contribution is 4.89. The van der Waals surface area contributed by atoms with Crippen molar-refractivity contribution in [1.29, 1.82) is 0 Å². The van der Waals surface area contributed by atoms with E-state index < -0.39 is 0 Å². The average Bonchev–Trinajstić information content (AvgIpc) is 2.43. The summed E-state index contributed by atoms with van der Waals surface area (Å²) in [6, 6.07) is 1.37. The predicted molar refractivity (Wildman–Crippen MR) is 53.6 cm³/mol. The molecular formula is C11H21NO. The van der Waals surface area contributed by atoms with Gasteiger partial charge in [-0.05, 0) is 38.0 Å². The Hall–Kier alpha value is -0.0800. The van der Waals surface area contributed by atoms with Crippen LogP contribution in [0.4, 0.5) is 0 Å². The van der Waals surface area contributed by atoms with Crippen LogP contribution in [-0.2, 0) is 0 Å². The SMILES string of the molecule is CCC1CC(N[C@H]2CC[C@@H](O)C2)C1. The first kappa shape index (κ1) is 9.47. The maximum atomic E-state index is 9.36. The average molecular weight is 183 g/mol. The zero-order chi connectivity index (χ0) is 9.26. The fourth-order valence-corrected chi connectivity index (χ4v) is 2.65. The molecule has 76 valence electrons. The van der Waals surface area contributed by atoms with Crippen molar-refractivity contribution in [1.82, 2.24) is 5.32 Å². The molecule has 0 radical (unpaired) electrons. The van der Waals surface area contributed by atoms with Crippen molar-refractivity contribution >= 4 is 0 Å². The van der Waals surface area contributed by atoms with Crippen molar-refractivity contribution in [2.75, 3.05) is 0 Å². The van der Waals surface area contributed by atoms with Gasteiger partial charge in [-0.3, -0.25) is 0 Å². The van der Waals surface area contributed by atoms with Crippen LogP contribution in [0.1, 0.15) is 45.4 Å². The van der Waals surface area contributed by atoms with Crippen molar-refractivity contribution in [2.45, 2.75) is 63.6 Å². The number of hydrogen-bond acceptors (Lipinski definition) is 2. The lowest BCUT2D eigenvalue weighted by atomic mass is 9.78. The number of rotatable bonds is 3. The first-order valence-corrected chi connectivity index (χ1v) is 5.72. The van der Waals surface area contributed by atoms with E-state index in [1.54, 1.807) is 0 Å². The predicted octanol–water partition coefficient (Wildman–Crippen LogP) is 1.68. The normalized spacial score (nSPS) is 44.8. The molecule has 2 aliphatic rings. The summed E-state index contributed by atoms with van der Waals surface area (Å²) in [6.45, 7) is 2.28. The van der Waals surface area contributed by atoms with Gasteiger partial charge in [0, 0.05) is 12.1 Å². The van der Waals surface area contributed by atoms with Crippen molar-refractivity contribution in [2.24, 2.45) is 5.92 Å². The maximum absolute atomic E-state index is 9.36. The smallest absolute Gasteiger partial charge is 0.0555 e. The lowest BCUT2D eigenvalue weighted by molar-refractivity contribution is 0.168. The first-order valence-electron chi connectivity index (χ1n) is 5.72. The fourth-order valence-electron chi connectivity index (χ4n) is 2.65. The number of hydrogen-bond donors (Lipinski definition) is 2.